The molecule has 0 saturated carbocycles. The van der Waals surface area contributed by atoms with Crippen LogP contribution < -0.4 is 5.73 Å². The molecule has 1 aromatic carbocycles. The van der Waals surface area contributed by atoms with Crippen LogP contribution in [0.5, 0.6) is 5.75 Å². The van der Waals surface area contributed by atoms with Crippen molar-refractivity contribution in [3.05, 3.63) is 28.8 Å². The third-order valence-electron chi connectivity index (χ3n) is 2.01. The summed E-state index contributed by atoms with van der Waals surface area (Å²) in [6.45, 7) is 0. The normalized spacial score (nSPS) is 10.7. The summed E-state index contributed by atoms with van der Waals surface area (Å²) in [6, 6.07) is 1.98. The van der Waals surface area contributed by atoms with Crippen LogP contribution in [0.1, 0.15) is 0 Å². The highest BCUT2D eigenvalue weighted by atomic mass is 35.5. The molecule has 0 unspecified atom stereocenters. The standard InChI is InChI=1S/C9H6ClF2N3O/c10-8-5(16)1-3(11)7(9(8)12)4-2-6(13)15-14-4/h1-2,16H,(H3,13,14,15). The van der Waals surface area contributed by atoms with Crippen LogP contribution in [0.4, 0.5) is 14.6 Å². The van der Waals surface area contributed by atoms with Crippen LogP contribution in [0.25, 0.3) is 11.3 Å². The van der Waals surface area contributed by atoms with E-state index >= 15 is 0 Å². The fourth-order valence-corrected chi connectivity index (χ4v) is 1.44. The SMILES string of the molecule is Nc1cc(-c2c(F)cc(O)c(Cl)c2F)[nH]n1. The van der Waals surface area contributed by atoms with Crippen molar-refractivity contribution in [1.82, 2.24) is 10.2 Å². The molecule has 4 N–H and O–H groups in total. The lowest BCUT2D eigenvalue weighted by Crippen LogP contribution is -1.92. The first-order valence-corrected chi connectivity index (χ1v) is 4.56. The molecule has 84 valence electrons. The lowest BCUT2D eigenvalue weighted by Gasteiger charge is -2.05. The summed E-state index contributed by atoms with van der Waals surface area (Å²) in [5.41, 5.74) is 4.95. The maximum Gasteiger partial charge on any atom is 0.157 e. The van der Waals surface area contributed by atoms with E-state index in [4.69, 9.17) is 22.4 Å². The summed E-state index contributed by atoms with van der Waals surface area (Å²) < 4.78 is 27.0. The van der Waals surface area contributed by atoms with Crippen molar-refractivity contribution in [2.24, 2.45) is 0 Å². The number of hydrogen-bond donors (Lipinski definition) is 3. The summed E-state index contributed by atoms with van der Waals surface area (Å²) >= 11 is 5.45. The zero-order chi connectivity index (χ0) is 11.9. The highest BCUT2D eigenvalue weighted by Gasteiger charge is 2.19. The minimum atomic E-state index is -1.07. The molecule has 0 fully saturated rings. The van der Waals surface area contributed by atoms with E-state index in [9.17, 15) is 8.78 Å². The number of halogens is 3. The van der Waals surface area contributed by atoms with Gasteiger partial charge in [-0.1, -0.05) is 11.6 Å². The lowest BCUT2D eigenvalue weighted by atomic mass is 10.1. The molecule has 0 amide bonds. The van der Waals surface area contributed by atoms with Gasteiger partial charge in [-0.15, -0.1) is 0 Å². The number of benzene rings is 1. The van der Waals surface area contributed by atoms with Crippen molar-refractivity contribution in [1.29, 1.82) is 0 Å². The summed E-state index contributed by atoms with van der Waals surface area (Å²) in [5, 5.41) is 14.4. The molecule has 0 aliphatic heterocycles. The van der Waals surface area contributed by atoms with Gasteiger partial charge in [0.2, 0.25) is 0 Å². The molecule has 2 rings (SSSR count). The summed E-state index contributed by atoms with van der Waals surface area (Å²) in [7, 11) is 0. The van der Waals surface area contributed by atoms with Crippen molar-refractivity contribution in [2.75, 3.05) is 5.73 Å². The van der Waals surface area contributed by atoms with E-state index in [-0.39, 0.29) is 11.5 Å². The van der Waals surface area contributed by atoms with Crippen molar-refractivity contribution >= 4 is 17.4 Å². The van der Waals surface area contributed by atoms with Gasteiger partial charge in [0, 0.05) is 12.1 Å². The summed E-state index contributed by atoms with van der Waals surface area (Å²) in [5.74, 6) is -2.59. The average molecular weight is 246 g/mol. The largest absolute Gasteiger partial charge is 0.506 e. The molecule has 0 saturated heterocycles. The minimum absolute atomic E-state index is 0.0504. The van der Waals surface area contributed by atoms with E-state index in [1.807, 2.05) is 0 Å². The molecule has 0 radical (unpaired) electrons. The van der Waals surface area contributed by atoms with Gasteiger partial charge in [-0.25, -0.2) is 8.78 Å². The predicted molar refractivity (Wildman–Crippen MR) is 55.0 cm³/mol. The lowest BCUT2D eigenvalue weighted by molar-refractivity contribution is 0.462. The Hall–Kier alpha value is -1.82. The molecular formula is C9H6ClF2N3O. The molecular weight excluding hydrogens is 240 g/mol. The van der Waals surface area contributed by atoms with E-state index in [1.54, 1.807) is 0 Å². The Bertz CT molecular complexity index is 556. The zero-order valence-corrected chi connectivity index (χ0v) is 8.52. The van der Waals surface area contributed by atoms with Crippen LogP contribution in [-0.2, 0) is 0 Å². The maximum absolute atomic E-state index is 13.6. The maximum atomic E-state index is 13.6. The van der Waals surface area contributed by atoms with E-state index in [0.717, 1.165) is 6.07 Å². The number of H-pyrrole nitrogens is 1. The van der Waals surface area contributed by atoms with Crippen molar-refractivity contribution in [2.45, 2.75) is 0 Å². The molecule has 16 heavy (non-hydrogen) atoms. The zero-order valence-electron chi connectivity index (χ0n) is 7.76. The Morgan fingerprint density at radius 2 is 2.06 bits per heavy atom. The number of rotatable bonds is 1. The first kappa shape index (κ1) is 10.7. The Kier molecular flexibility index (Phi) is 2.43. The number of nitrogen functional groups attached to an aromatic ring is 1. The molecule has 2 aromatic rings. The molecule has 1 aromatic heterocycles. The quantitative estimate of drug-likeness (QED) is 0.675. The topological polar surface area (TPSA) is 74.9 Å². The van der Waals surface area contributed by atoms with E-state index < -0.39 is 28.0 Å². The first-order chi connectivity index (χ1) is 7.50. The van der Waals surface area contributed by atoms with Gasteiger partial charge in [-0.3, -0.25) is 5.10 Å². The van der Waals surface area contributed by atoms with Crippen LogP contribution in [0.2, 0.25) is 5.02 Å². The molecule has 7 heteroatoms. The molecule has 0 aliphatic carbocycles. The van der Waals surface area contributed by atoms with Crippen LogP contribution in [0.15, 0.2) is 12.1 Å². The number of phenols is 1. The van der Waals surface area contributed by atoms with Crippen molar-refractivity contribution in [3.63, 3.8) is 0 Å². The van der Waals surface area contributed by atoms with E-state index in [2.05, 4.69) is 10.2 Å². The summed E-state index contributed by atoms with van der Waals surface area (Å²) in [4.78, 5) is 0. The molecule has 0 aliphatic rings. The van der Waals surface area contributed by atoms with E-state index in [1.165, 1.54) is 6.07 Å². The molecule has 4 nitrogen and oxygen atoms in total. The Balaban J connectivity index is 2.70. The van der Waals surface area contributed by atoms with Gasteiger partial charge >= 0.3 is 0 Å². The summed E-state index contributed by atoms with van der Waals surface area (Å²) in [6.07, 6.45) is 0. The Morgan fingerprint density at radius 3 is 2.62 bits per heavy atom. The van der Waals surface area contributed by atoms with Gasteiger partial charge in [-0.05, 0) is 0 Å². The third kappa shape index (κ3) is 1.57. The van der Waals surface area contributed by atoms with Gasteiger partial charge in [-0.2, -0.15) is 5.10 Å². The molecule has 1 heterocycles. The van der Waals surface area contributed by atoms with Gasteiger partial charge in [0.05, 0.1) is 11.3 Å². The van der Waals surface area contributed by atoms with Crippen LogP contribution in [0, 0.1) is 11.6 Å². The predicted octanol–water partition coefficient (Wildman–Crippen LogP) is 2.30. The Morgan fingerprint density at radius 1 is 1.38 bits per heavy atom. The first-order valence-electron chi connectivity index (χ1n) is 4.18. The second-order valence-electron chi connectivity index (χ2n) is 3.09. The van der Waals surface area contributed by atoms with Crippen LogP contribution in [0.3, 0.4) is 0 Å². The van der Waals surface area contributed by atoms with Crippen molar-refractivity contribution in [3.8, 4) is 17.0 Å². The highest BCUT2D eigenvalue weighted by molar-refractivity contribution is 6.32. The van der Waals surface area contributed by atoms with Gasteiger partial charge in [0.15, 0.2) is 5.82 Å². The minimum Gasteiger partial charge on any atom is -0.506 e. The fraction of sp³-hybridized carbons (Fsp3) is 0. The van der Waals surface area contributed by atoms with Crippen LogP contribution in [-0.4, -0.2) is 15.3 Å². The smallest absolute Gasteiger partial charge is 0.157 e. The molecule has 0 spiro atoms. The number of nitrogens with zero attached hydrogens (tertiary/aromatic N) is 1. The number of aromatic amines is 1. The fourth-order valence-electron chi connectivity index (χ4n) is 1.29. The number of aromatic nitrogens is 2. The number of nitrogens with two attached hydrogens (primary N) is 1. The molecule has 0 bridgehead atoms. The number of aromatic hydroxyl groups is 1. The van der Waals surface area contributed by atoms with Crippen molar-refractivity contribution < 1.29 is 13.9 Å². The average Bonchev–Trinajstić information content (AvgIpc) is 2.61. The highest BCUT2D eigenvalue weighted by Crippen LogP contribution is 2.35. The second kappa shape index (κ2) is 3.64. The second-order valence-corrected chi connectivity index (χ2v) is 3.46. The monoisotopic (exact) mass is 245 g/mol. The number of nitrogens with one attached hydrogen (secondary N) is 1. The third-order valence-corrected chi connectivity index (χ3v) is 2.37. The van der Waals surface area contributed by atoms with Gasteiger partial charge < -0.3 is 10.8 Å². The number of phenolic OH excluding ortho intramolecular Hbond substituents is 1. The van der Waals surface area contributed by atoms with Gasteiger partial charge in [0.25, 0.3) is 0 Å². The number of hydrogen-bond acceptors (Lipinski definition) is 3. The Labute approximate surface area is 93.7 Å². The van der Waals surface area contributed by atoms with Gasteiger partial charge in [0.1, 0.15) is 22.4 Å². The molecule has 0 atom stereocenters. The van der Waals surface area contributed by atoms with Crippen LogP contribution >= 0.6 is 11.6 Å². The number of anilines is 1. The van der Waals surface area contributed by atoms with E-state index in [0.29, 0.717) is 0 Å².